The van der Waals surface area contributed by atoms with Crippen LogP contribution in [-0.4, -0.2) is 35.6 Å². The second kappa shape index (κ2) is 6.50. The second-order valence-corrected chi connectivity index (χ2v) is 7.11. The molecule has 1 aromatic carbocycles. The van der Waals surface area contributed by atoms with E-state index in [4.69, 9.17) is 21.2 Å². The smallest absolute Gasteiger partial charge is 0.142 e. The minimum atomic E-state index is 0.315. The van der Waals surface area contributed by atoms with Crippen LogP contribution in [0.2, 0.25) is 0 Å². The van der Waals surface area contributed by atoms with Gasteiger partial charge in [-0.25, -0.2) is 0 Å². The number of methoxy groups -OCH3 is 1. The molecule has 7 heteroatoms. The summed E-state index contributed by atoms with van der Waals surface area (Å²) in [7, 11) is 1.62. The largest absolute Gasteiger partial charge is 0.495 e. The van der Waals surface area contributed by atoms with E-state index in [1.807, 2.05) is 24.4 Å². The van der Waals surface area contributed by atoms with Gasteiger partial charge in [0.1, 0.15) is 21.8 Å². The van der Waals surface area contributed by atoms with Crippen LogP contribution in [0.3, 0.4) is 0 Å². The summed E-state index contributed by atoms with van der Waals surface area (Å²) in [5.74, 6) is 0.668. The molecular formula is C18H21N5OS. The van der Waals surface area contributed by atoms with Crippen molar-refractivity contribution in [1.82, 2.24) is 9.36 Å². The molecule has 0 unspecified atom stereocenters. The van der Waals surface area contributed by atoms with Crippen molar-refractivity contribution in [2.75, 3.05) is 30.8 Å². The van der Waals surface area contributed by atoms with Gasteiger partial charge in [-0.15, -0.1) is 0 Å². The van der Waals surface area contributed by atoms with E-state index in [-0.39, 0.29) is 0 Å². The van der Waals surface area contributed by atoms with Gasteiger partial charge in [-0.3, -0.25) is 4.98 Å². The number of hydrogen-bond donors (Lipinski definition) is 2. The van der Waals surface area contributed by atoms with Gasteiger partial charge >= 0.3 is 0 Å². The van der Waals surface area contributed by atoms with E-state index in [1.165, 1.54) is 11.5 Å². The summed E-state index contributed by atoms with van der Waals surface area (Å²) in [5, 5.41) is 1.14. The first-order chi connectivity index (χ1) is 12.2. The van der Waals surface area contributed by atoms with Gasteiger partial charge in [0.25, 0.3) is 0 Å². The summed E-state index contributed by atoms with van der Waals surface area (Å²) < 4.78 is 9.92. The van der Waals surface area contributed by atoms with Gasteiger partial charge in [0.2, 0.25) is 0 Å². The molecule has 3 heterocycles. The zero-order valence-corrected chi connectivity index (χ0v) is 14.9. The van der Waals surface area contributed by atoms with E-state index in [0.717, 1.165) is 53.1 Å². The van der Waals surface area contributed by atoms with E-state index < -0.39 is 0 Å². The van der Waals surface area contributed by atoms with Crippen molar-refractivity contribution in [3.8, 4) is 16.9 Å². The first kappa shape index (κ1) is 16.1. The molecule has 4 N–H and O–H groups in total. The molecule has 2 aromatic heterocycles. The van der Waals surface area contributed by atoms with Crippen LogP contribution < -0.4 is 21.1 Å². The predicted molar refractivity (Wildman–Crippen MR) is 103 cm³/mol. The molecule has 0 radical (unpaired) electrons. The first-order valence-electron chi connectivity index (χ1n) is 8.35. The molecule has 1 fully saturated rings. The minimum Gasteiger partial charge on any atom is -0.495 e. The van der Waals surface area contributed by atoms with Crippen LogP contribution in [0.5, 0.6) is 5.75 Å². The number of nitrogens with two attached hydrogens (primary N) is 2. The Balaban J connectivity index is 1.68. The number of aromatic nitrogens is 2. The molecule has 1 aliphatic heterocycles. The molecule has 0 amide bonds. The molecule has 6 nitrogen and oxygen atoms in total. The Bertz CT molecular complexity index is 902. The number of nitrogen functional groups attached to an aromatic ring is 1. The van der Waals surface area contributed by atoms with E-state index >= 15 is 0 Å². The molecule has 130 valence electrons. The number of benzene rings is 1. The number of anilines is 2. The van der Waals surface area contributed by atoms with Gasteiger partial charge in [-0.05, 0) is 48.1 Å². The summed E-state index contributed by atoms with van der Waals surface area (Å²) in [5.41, 5.74) is 16.4. The maximum Gasteiger partial charge on any atom is 0.142 e. The Kier molecular flexibility index (Phi) is 4.19. The average molecular weight is 355 g/mol. The number of ether oxygens (including phenoxy) is 1. The van der Waals surface area contributed by atoms with Crippen LogP contribution >= 0.6 is 11.5 Å². The molecule has 0 spiro atoms. The van der Waals surface area contributed by atoms with Crippen LogP contribution in [0.4, 0.5) is 10.7 Å². The monoisotopic (exact) mass is 355 g/mol. The molecule has 4 rings (SSSR count). The third kappa shape index (κ3) is 3.01. The van der Waals surface area contributed by atoms with Crippen LogP contribution in [0.1, 0.15) is 12.8 Å². The fraction of sp³-hybridized carbons (Fsp3) is 0.333. The van der Waals surface area contributed by atoms with Crippen molar-refractivity contribution < 1.29 is 4.74 Å². The van der Waals surface area contributed by atoms with E-state index in [9.17, 15) is 0 Å². The molecule has 1 aliphatic rings. The summed E-state index contributed by atoms with van der Waals surface area (Å²) >= 11 is 1.51. The normalized spacial score (nSPS) is 15.7. The average Bonchev–Trinajstić information content (AvgIpc) is 3.06. The van der Waals surface area contributed by atoms with Crippen molar-refractivity contribution in [3.63, 3.8) is 0 Å². The number of pyridine rings is 1. The molecule has 0 atom stereocenters. The molecule has 1 saturated heterocycles. The lowest BCUT2D eigenvalue weighted by atomic mass is 10.1. The van der Waals surface area contributed by atoms with Crippen LogP contribution in [0.25, 0.3) is 22.2 Å². The van der Waals surface area contributed by atoms with E-state index in [0.29, 0.717) is 17.5 Å². The standard InChI is InChI=1S/C18H21N5OS/c1-24-16-9-11(2-3-14(16)20)12-8-15-17(21-10-12)18(25-22-15)23-6-4-13(19)5-7-23/h2-3,8-10,13H,4-7,19-20H2,1H3. The maximum atomic E-state index is 6.01. The predicted octanol–water partition coefficient (Wildman–Crippen LogP) is 2.88. The highest BCUT2D eigenvalue weighted by molar-refractivity contribution is 7.11. The summed E-state index contributed by atoms with van der Waals surface area (Å²) in [6.07, 6.45) is 3.92. The fourth-order valence-electron chi connectivity index (χ4n) is 3.18. The molecule has 25 heavy (non-hydrogen) atoms. The van der Waals surface area contributed by atoms with Crippen molar-refractivity contribution in [1.29, 1.82) is 0 Å². The summed E-state index contributed by atoms with van der Waals surface area (Å²) in [4.78, 5) is 7.04. The van der Waals surface area contributed by atoms with Crippen molar-refractivity contribution in [2.24, 2.45) is 5.73 Å². The summed E-state index contributed by atoms with van der Waals surface area (Å²) in [6.45, 7) is 1.94. The zero-order chi connectivity index (χ0) is 17.4. The topological polar surface area (TPSA) is 90.3 Å². The second-order valence-electron chi connectivity index (χ2n) is 6.36. The summed E-state index contributed by atoms with van der Waals surface area (Å²) in [6, 6.07) is 8.14. The van der Waals surface area contributed by atoms with Gasteiger partial charge in [-0.2, -0.15) is 4.37 Å². The van der Waals surface area contributed by atoms with Crippen LogP contribution in [0.15, 0.2) is 30.5 Å². The van der Waals surface area contributed by atoms with Crippen molar-refractivity contribution >= 4 is 33.3 Å². The Morgan fingerprint density at radius 2 is 2.00 bits per heavy atom. The van der Waals surface area contributed by atoms with Gasteiger partial charge < -0.3 is 21.1 Å². The van der Waals surface area contributed by atoms with E-state index in [2.05, 4.69) is 15.3 Å². The van der Waals surface area contributed by atoms with Gasteiger partial charge in [-0.1, -0.05) is 6.07 Å². The van der Waals surface area contributed by atoms with Crippen LogP contribution in [0, 0.1) is 0 Å². The highest BCUT2D eigenvalue weighted by Crippen LogP contribution is 2.34. The Hall–Kier alpha value is -2.38. The lowest BCUT2D eigenvalue weighted by molar-refractivity contribution is 0.417. The molecule has 3 aromatic rings. The highest BCUT2D eigenvalue weighted by atomic mass is 32.1. The zero-order valence-electron chi connectivity index (χ0n) is 14.1. The molecule has 0 bridgehead atoms. The highest BCUT2D eigenvalue weighted by Gasteiger charge is 2.21. The Morgan fingerprint density at radius 3 is 2.76 bits per heavy atom. The van der Waals surface area contributed by atoms with Gasteiger partial charge in [0, 0.05) is 30.9 Å². The molecule has 0 saturated carbocycles. The molecular weight excluding hydrogens is 334 g/mol. The SMILES string of the molecule is COc1cc(-c2cnc3c(N4CCC(N)CC4)snc3c2)ccc1N. The van der Waals surface area contributed by atoms with Crippen LogP contribution in [-0.2, 0) is 0 Å². The minimum absolute atomic E-state index is 0.315. The van der Waals surface area contributed by atoms with Gasteiger partial charge in [0.15, 0.2) is 0 Å². The van der Waals surface area contributed by atoms with Gasteiger partial charge in [0.05, 0.1) is 12.8 Å². The number of rotatable bonds is 3. The number of piperidine rings is 1. The Morgan fingerprint density at radius 1 is 1.20 bits per heavy atom. The van der Waals surface area contributed by atoms with E-state index in [1.54, 1.807) is 7.11 Å². The number of fused-ring (bicyclic) bond motifs is 1. The lowest BCUT2D eigenvalue weighted by Gasteiger charge is -2.30. The number of hydrogen-bond acceptors (Lipinski definition) is 7. The maximum absolute atomic E-state index is 6.01. The third-order valence-electron chi connectivity index (χ3n) is 4.69. The fourth-order valence-corrected chi connectivity index (χ4v) is 4.05. The third-order valence-corrected chi connectivity index (χ3v) is 5.61. The Labute approximate surface area is 150 Å². The quantitative estimate of drug-likeness (QED) is 0.702. The van der Waals surface area contributed by atoms with Crippen molar-refractivity contribution in [3.05, 3.63) is 30.5 Å². The number of nitrogens with zero attached hydrogens (tertiary/aromatic N) is 3. The molecule has 0 aliphatic carbocycles. The first-order valence-corrected chi connectivity index (χ1v) is 9.13. The lowest BCUT2D eigenvalue weighted by Crippen LogP contribution is -2.39. The van der Waals surface area contributed by atoms with Crippen molar-refractivity contribution in [2.45, 2.75) is 18.9 Å².